The number of hydrogen-bond acceptors (Lipinski definition) is 0. The molecular formula is C7H5BF4. The highest BCUT2D eigenvalue weighted by Crippen LogP contribution is 2.27. The second-order valence-corrected chi connectivity index (χ2v) is 2.12. The Morgan fingerprint density at radius 1 is 1.00 bits per heavy atom. The van der Waals surface area contributed by atoms with E-state index in [1.165, 1.54) is 12.1 Å². The minimum Gasteiger partial charge on any atom is -0.269 e. The number of rotatable bonds is 0. The van der Waals surface area contributed by atoms with Crippen LogP contribution in [0.4, 0.5) is 17.9 Å². The maximum atomic E-state index is 11.9. The molecule has 0 saturated heterocycles. The van der Waals surface area contributed by atoms with Gasteiger partial charge in [-0.15, -0.1) is 0 Å². The van der Waals surface area contributed by atoms with E-state index in [4.69, 9.17) is 7.85 Å². The summed E-state index contributed by atoms with van der Waals surface area (Å²) in [5, 5.41) is 0. The molecule has 0 fully saturated rings. The summed E-state index contributed by atoms with van der Waals surface area (Å²) in [7, 11) is 5.20. The Bertz CT molecular complexity index is 239. The number of halogens is 4. The lowest BCUT2D eigenvalue weighted by Gasteiger charge is -2.05. The van der Waals surface area contributed by atoms with Crippen molar-refractivity contribution < 1.29 is 17.9 Å². The molecule has 0 atom stereocenters. The molecule has 0 unspecified atom stereocenters. The van der Waals surface area contributed by atoms with Crippen molar-refractivity contribution in [2.24, 2.45) is 0 Å². The van der Waals surface area contributed by atoms with Crippen molar-refractivity contribution in [2.75, 3.05) is 0 Å². The van der Waals surface area contributed by atoms with E-state index in [9.17, 15) is 13.2 Å². The lowest BCUT2D eigenvalue weighted by molar-refractivity contribution is -0.137. The number of alkyl halides is 3. The van der Waals surface area contributed by atoms with E-state index in [0.717, 1.165) is 12.1 Å². The molecule has 0 amide bonds. The van der Waals surface area contributed by atoms with E-state index < -0.39 is 11.7 Å². The van der Waals surface area contributed by atoms with Crippen LogP contribution in [0.15, 0.2) is 24.3 Å². The first-order valence-electron chi connectivity index (χ1n) is 2.93. The predicted molar refractivity (Wildman–Crippen MR) is 39.3 cm³/mol. The van der Waals surface area contributed by atoms with Crippen molar-refractivity contribution in [3.05, 3.63) is 29.8 Å². The van der Waals surface area contributed by atoms with Crippen LogP contribution in [0.1, 0.15) is 5.56 Å². The van der Waals surface area contributed by atoms with Gasteiger partial charge in [0, 0.05) is 0 Å². The maximum absolute atomic E-state index is 11.9. The van der Waals surface area contributed by atoms with Gasteiger partial charge in [0.1, 0.15) is 7.85 Å². The first-order valence-corrected chi connectivity index (χ1v) is 2.93. The topological polar surface area (TPSA) is 0 Å². The Hall–Kier alpha value is -0.995. The smallest absolute Gasteiger partial charge is 0.269 e. The van der Waals surface area contributed by atoms with E-state index >= 15 is 0 Å². The highest BCUT2D eigenvalue weighted by Gasteiger charge is 2.29. The van der Waals surface area contributed by atoms with Crippen LogP contribution in [-0.2, 0) is 6.18 Å². The molecule has 0 saturated carbocycles. The van der Waals surface area contributed by atoms with Crippen LogP contribution in [0.3, 0.4) is 0 Å². The summed E-state index contributed by atoms with van der Waals surface area (Å²) >= 11 is 0. The van der Waals surface area contributed by atoms with Crippen molar-refractivity contribution in [3.63, 3.8) is 0 Å². The van der Waals surface area contributed by atoms with Gasteiger partial charge in [0.2, 0.25) is 0 Å². The third-order valence-electron chi connectivity index (χ3n) is 1.24. The molecule has 0 aromatic heterocycles. The molecule has 0 spiro atoms. The Morgan fingerprint density at radius 3 is 1.75 bits per heavy atom. The second kappa shape index (κ2) is 3.60. The molecule has 0 nitrogen and oxygen atoms in total. The molecule has 1 rings (SSSR count). The zero-order chi connectivity index (χ0) is 8.48. The predicted octanol–water partition coefficient (Wildman–Crippen LogP) is 1.65. The zero-order valence-electron chi connectivity index (χ0n) is 5.93. The van der Waals surface area contributed by atoms with Gasteiger partial charge >= 0.3 is 6.18 Å². The summed E-state index contributed by atoms with van der Waals surface area (Å²) in [5.41, 5.74) is -0.343. The summed E-state index contributed by atoms with van der Waals surface area (Å²) in [6.07, 6.45) is -4.27. The van der Waals surface area contributed by atoms with Crippen molar-refractivity contribution >= 4 is 13.3 Å². The SMILES string of the molecule is F.[B]c1ccc(C(F)(F)F)cc1. The first kappa shape index (κ1) is 11.0. The van der Waals surface area contributed by atoms with Crippen molar-refractivity contribution in [1.29, 1.82) is 0 Å². The van der Waals surface area contributed by atoms with Gasteiger partial charge < -0.3 is 0 Å². The Morgan fingerprint density at radius 2 is 1.42 bits per heavy atom. The molecular weight excluding hydrogens is 171 g/mol. The lowest BCUT2D eigenvalue weighted by Crippen LogP contribution is -2.08. The third kappa shape index (κ3) is 2.56. The van der Waals surface area contributed by atoms with Crippen LogP contribution >= 0.6 is 0 Å². The highest BCUT2D eigenvalue weighted by molar-refractivity contribution is 6.32. The molecule has 5 heteroatoms. The van der Waals surface area contributed by atoms with Gasteiger partial charge in [-0.3, -0.25) is 4.70 Å². The van der Waals surface area contributed by atoms with Crippen LogP contribution < -0.4 is 5.46 Å². The van der Waals surface area contributed by atoms with E-state index in [2.05, 4.69) is 0 Å². The van der Waals surface area contributed by atoms with Gasteiger partial charge in [-0.1, -0.05) is 29.7 Å². The van der Waals surface area contributed by atoms with Gasteiger partial charge in [0.05, 0.1) is 5.56 Å². The fourth-order valence-electron chi connectivity index (χ4n) is 0.672. The molecule has 2 radical (unpaired) electrons. The van der Waals surface area contributed by atoms with Crippen molar-refractivity contribution in [2.45, 2.75) is 6.18 Å². The maximum Gasteiger partial charge on any atom is 0.416 e. The molecule has 0 bridgehead atoms. The normalized spacial score (nSPS) is 10.6. The molecule has 1 aromatic carbocycles. The van der Waals surface area contributed by atoms with Crippen LogP contribution in [-0.4, -0.2) is 7.85 Å². The van der Waals surface area contributed by atoms with E-state index in [0.29, 0.717) is 5.46 Å². The van der Waals surface area contributed by atoms with E-state index in [1.54, 1.807) is 0 Å². The molecule has 0 aliphatic rings. The van der Waals surface area contributed by atoms with Gasteiger partial charge in [0.25, 0.3) is 0 Å². The lowest BCUT2D eigenvalue weighted by atomic mass is 9.95. The van der Waals surface area contributed by atoms with E-state index in [-0.39, 0.29) is 4.70 Å². The molecule has 0 N–H and O–H groups in total. The molecule has 0 aliphatic heterocycles. The standard InChI is InChI=1S/C7H4BF3.FH/c8-6-3-1-5(2-4-6)7(9,10)11;/h1-4H;1H. The van der Waals surface area contributed by atoms with Gasteiger partial charge in [0.15, 0.2) is 0 Å². The minimum absolute atomic E-state index is 0. The van der Waals surface area contributed by atoms with Crippen LogP contribution in [0.5, 0.6) is 0 Å². The quantitative estimate of drug-likeness (QED) is 0.416. The average molecular weight is 176 g/mol. The third-order valence-corrected chi connectivity index (χ3v) is 1.24. The fraction of sp³-hybridized carbons (Fsp3) is 0.143. The van der Waals surface area contributed by atoms with Crippen molar-refractivity contribution in [3.8, 4) is 0 Å². The van der Waals surface area contributed by atoms with E-state index in [1.807, 2.05) is 0 Å². The summed E-state index contributed by atoms with van der Waals surface area (Å²) in [6, 6.07) is 4.36. The summed E-state index contributed by atoms with van der Waals surface area (Å²) in [6.45, 7) is 0. The Labute approximate surface area is 68.2 Å². The zero-order valence-corrected chi connectivity index (χ0v) is 5.93. The van der Waals surface area contributed by atoms with Crippen LogP contribution in [0, 0.1) is 0 Å². The fourth-order valence-corrected chi connectivity index (χ4v) is 0.672. The summed E-state index contributed by atoms with van der Waals surface area (Å²) in [5.74, 6) is 0. The monoisotopic (exact) mass is 176 g/mol. The minimum atomic E-state index is -4.27. The van der Waals surface area contributed by atoms with Crippen LogP contribution in [0.2, 0.25) is 0 Å². The summed E-state index contributed by atoms with van der Waals surface area (Å²) in [4.78, 5) is 0. The van der Waals surface area contributed by atoms with Crippen molar-refractivity contribution in [1.82, 2.24) is 0 Å². The molecule has 0 heterocycles. The molecule has 0 aliphatic carbocycles. The number of hydrogen-bond donors (Lipinski definition) is 0. The molecule has 12 heavy (non-hydrogen) atoms. The highest BCUT2D eigenvalue weighted by atomic mass is 19.4. The van der Waals surface area contributed by atoms with Gasteiger partial charge in [-0.2, -0.15) is 13.2 Å². The largest absolute Gasteiger partial charge is 0.416 e. The Kier molecular flexibility index (Phi) is 3.30. The average Bonchev–Trinajstić information content (AvgIpc) is 1.86. The van der Waals surface area contributed by atoms with Gasteiger partial charge in [-0.05, 0) is 0 Å². The molecule has 64 valence electrons. The first-order chi connectivity index (χ1) is 5.00. The second-order valence-electron chi connectivity index (χ2n) is 2.12. The Balaban J connectivity index is 0.00000121. The molecule has 1 aromatic rings. The summed E-state index contributed by atoms with van der Waals surface area (Å²) < 4.78 is 35.6. The number of benzene rings is 1. The van der Waals surface area contributed by atoms with Crippen LogP contribution in [0.25, 0.3) is 0 Å². The van der Waals surface area contributed by atoms with Gasteiger partial charge in [-0.25, -0.2) is 0 Å².